The van der Waals surface area contributed by atoms with Crippen molar-refractivity contribution in [1.29, 1.82) is 0 Å². The van der Waals surface area contributed by atoms with E-state index in [0.717, 1.165) is 45.2 Å². The predicted octanol–water partition coefficient (Wildman–Crippen LogP) is 1.48. The van der Waals surface area contributed by atoms with E-state index < -0.39 is 0 Å². The highest BCUT2D eigenvalue weighted by atomic mass is 32.1. The SMILES string of the molecule is CCNC(=NCC(c1cccs1)N(C)C)N1CCN(C(C)=O)CC1. The number of nitrogens with one attached hydrogen (secondary N) is 1. The molecule has 7 heteroatoms. The first-order chi connectivity index (χ1) is 11.5. The molecule has 24 heavy (non-hydrogen) atoms. The smallest absolute Gasteiger partial charge is 0.219 e. The highest BCUT2D eigenvalue weighted by molar-refractivity contribution is 7.10. The molecule has 1 N–H and O–H groups in total. The van der Waals surface area contributed by atoms with Crippen molar-refractivity contribution in [3.8, 4) is 0 Å². The van der Waals surface area contributed by atoms with Crippen LogP contribution in [0.1, 0.15) is 24.8 Å². The maximum Gasteiger partial charge on any atom is 0.219 e. The zero-order valence-electron chi connectivity index (χ0n) is 15.2. The number of nitrogens with zero attached hydrogens (tertiary/aromatic N) is 4. The Kier molecular flexibility index (Phi) is 7.05. The van der Waals surface area contributed by atoms with Gasteiger partial charge in [0, 0.05) is 44.5 Å². The van der Waals surface area contributed by atoms with Crippen LogP contribution in [0.3, 0.4) is 0 Å². The first-order valence-electron chi connectivity index (χ1n) is 8.51. The summed E-state index contributed by atoms with van der Waals surface area (Å²) in [6.07, 6.45) is 0. The predicted molar refractivity (Wildman–Crippen MR) is 101 cm³/mol. The Morgan fingerprint density at radius 2 is 2.00 bits per heavy atom. The van der Waals surface area contributed by atoms with Crippen molar-refractivity contribution < 1.29 is 4.79 Å². The molecule has 0 aliphatic carbocycles. The topological polar surface area (TPSA) is 51.2 Å². The highest BCUT2D eigenvalue weighted by Crippen LogP contribution is 2.23. The summed E-state index contributed by atoms with van der Waals surface area (Å²) in [5, 5.41) is 5.51. The summed E-state index contributed by atoms with van der Waals surface area (Å²) in [5.41, 5.74) is 0. The maximum absolute atomic E-state index is 11.5. The third-order valence-corrected chi connectivity index (χ3v) is 5.24. The van der Waals surface area contributed by atoms with Crippen LogP contribution < -0.4 is 5.32 Å². The van der Waals surface area contributed by atoms with Crippen molar-refractivity contribution in [2.45, 2.75) is 19.9 Å². The molecular weight excluding hydrogens is 322 g/mol. The van der Waals surface area contributed by atoms with E-state index in [-0.39, 0.29) is 11.9 Å². The number of carbonyl (C=O) groups is 1. The van der Waals surface area contributed by atoms with Crippen LogP contribution in [0.2, 0.25) is 0 Å². The summed E-state index contributed by atoms with van der Waals surface area (Å²) in [6.45, 7) is 8.49. The molecule has 6 nitrogen and oxygen atoms in total. The van der Waals surface area contributed by atoms with Crippen LogP contribution in [0.4, 0.5) is 0 Å². The van der Waals surface area contributed by atoms with Gasteiger partial charge in [0.1, 0.15) is 0 Å². The second-order valence-electron chi connectivity index (χ2n) is 6.18. The van der Waals surface area contributed by atoms with Gasteiger partial charge >= 0.3 is 0 Å². The van der Waals surface area contributed by atoms with Crippen molar-refractivity contribution in [3.63, 3.8) is 0 Å². The van der Waals surface area contributed by atoms with E-state index in [2.05, 4.69) is 53.6 Å². The Balaban J connectivity index is 2.03. The van der Waals surface area contributed by atoms with Crippen molar-refractivity contribution in [1.82, 2.24) is 20.0 Å². The molecule has 1 atom stereocenters. The third-order valence-electron chi connectivity index (χ3n) is 4.27. The van der Waals surface area contributed by atoms with Gasteiger partial charge in [0.05, 0.1) is 12.6 Å². The van der Waals surface area contributed by atoms with E-state index >= 15 is 0 Å². The Labute approximate surface area is 149 Å². The lowest BCUT2D eigenvalue weighted by molar-refractivity contribution is -0.130. The number of guanidine groups is 1. The Bertz CT molecular complexity index is 535. The number of amides is 1. The van der Waals surface area contributed by atoms with Crippen LogP contribution in [-0.2, 0) is 4.79 Å². The number of thiophene rings is 1. The Morgan fingerprint density at radius 1 is 1.33 bits per heavy atom. The van der Waals surface area contributed by atoms with Crippen molar-refractivity contribution >= 4 is 23.2 Å². The number of carbonyl (C=O) groups excluding carboxylic acids is 1. The molecule has 1 amide bonds. The molecule has 1 aromatic heterocycles. The van der Waals surface area contributed by atoms with E-state index in [9.17, 15) is 4.79 Å². The van der Waals surface area contributed by atoms with Gasteiger partial charge in [0.2, 0.25) is 5.91 Å². The van der Waals surface area contributed by atoms with Gasteiger partial charge in [-0.25, -0.2) is 0 Å². The van der Waals surface area contributed by atoms with Gasteiger partial charge in [-0.1, -0.05) is 6.07 Å². The third kappa shape index (κ3) is 4.95. The average Bonchev–Trinajstić information content (AvgIpc) is 3.08. The summed E-state index contributed by atoms with van der Waals surface area (Å²) < 4.78 is 0. The van der Waals surface area contributed by atoms with Gasteiger partial charge in [-0.15, -0.1) is 11.3 Å². The lowest BCUT2D eigenvalue weighted by atomic mass is 10.2. The molecule has 1 saturated heterocycles. The lowest BCUT2D eigenvalue weighted by Gasteiger charge is -2.36. The number of hydrogen-bond acceptors (Lipinski definition) is 4. The second-order valence-corrected chi connectivity index (χ2v) is 7.16. The highest BCUT2D eigenvalue weighted by Gasteiger charge is 2.22. The number of hydrogen-bond donors (Lipinski definition) is 1. The summed E-state index contributed by atoms with van der Waals surface area (Å²) in [4.78, 5) is 24.1. The fourth-order valence-electron chi connectivity index (χ4n) is 2.82. The molecule has 1 aliphatic heterocycles. The van der Waals surface area contributed by atoms with E-state index in [1.54, 1.807) is 18.3 Å². The molecule has 0 bridgehead atoms. The zero-order chi connectivity index (χ0) is 17.5. The van der Waals surface area contributed by atoms with E-state index in [0.29, 0.717) is 0 Å². The van der Waals surface area contributed by atoms with Gasteiger partial charge in [-0.3, -0.25) is 9.79 Å². The maximum atomic E-state index is 11.5. The molecule has 0 spiro atoms. The van der Waals surface area contributed by atoms with Crippen molar-refractivity contribution in [3.05, 3.63) is 22.4 Å². The number of piperazine rings is 1. The van der Waals surface area contributed by atoms with Gasteiger partial charge in [-0.05, 0) is 32.5 Å². The van der Waals surface area contributed by atoms with E-state index in [4.69, 9.17) is 4.99 Å². The molecule has 1 unspecified atom stereocenters. The van der Waals surface area contributed by atoms with Crippen LogP contribution >= 0.6 is 11.3 Å². The normalized spacial score (nSPS) is 17.3. The monoisotopic (exact) mass is 351 g/mol. The molecule has 2 heterocycles. The number of rotatable bonds is 5. The summed E-state index contributed by atoms with van der Waals surface area (Å²) in [7, 11) is 4.19. The largest absolute Gasteiger partial charge is 0.357 e. The van der Waals surface area contributed by atoms with E-state index in [1.165, 1.54) is 4.88 Å². The molecule has 1 aliphatic rings. The molecule has 2 rings (SSSR count). The van der Waals surface area contributed by atoms with Crippen LogP contribution in [0.5, 0.6) is 0 Å². The van der Waals surface area contributed by atoms with Crippen LogP contribution in [0.25, 0.3) is 0 Å². The average molecular weight is 352 g/mol. The Morgan fingerprint density at radius 3 is 2.50 bits per heavy atom. The number of aliphatic imine (C=N–C) groups is 1. The van der Waals surface area contributed by atoms with E-state index in [1.807, 2.05) is 4.90 Å². The van der Waals surface area contributed by atoms with Crippen molar-refractivity contribution in [2.75, 3.05) is 53.4 Å². The fourth-order valence-corrected chi connectivity index (χ4v) is 3.73. The minimum atomic E-state index is 0.155. The molecule has 0 saturated carbocycles. The fraction of sp³-hybridized carbons (Fsp3) is 0.647. The van der Waals surface area contributed by atoms with Crippen LogP contribution in [0, 0.1) is 0 Å². The molecule has 1 aromatic rings. The molecular formula is C17H29N5OS. The summed E-state index contributed by atoms with van der Waals surface area (Å²) in [5.74, 6) is 1.10. The van der Waals surface area contributed by atoms with Gasteiger partial charge in [0.25, 0.3) is 0 Å². The van der Waals surface area contributed by atoms with Crippen LogP contribution in [0.15, 0.2) is 22.5 Å². The zero-order valence-corrected chi connectivity index (χ0v) is 16.0. The van der Waals surface area contributed by atoms with Gasteiger partial charge in [-0.2, -0.15) is 0 Å². The van der Waals surface area contributed by atoms with Gasteiger partial charge < -0.3 is 20.0 Å². The quantitative estimate of drug-likeness (QED) is 0.645. The van der Waals surface area contributed by atoms with Crippen LogP contribution in [-0.4, -0.2) is 79.9 Å². The summed E-state index contributed by atoms with van der Waals surface area (Å²) in [6, 6.07) is 4.55. The van der Waals surface area contributed by atoms with Gasteiger partial charge in [0.15, 0.2) is 5.96 Å². The Hall–Kier alpha value is -1.60. The lowest BCUT2D eigenvalue weighted by Crippen LogP contribution is -2.53. The van der Waals surface area contributed by atoms with Crippen molar-refractivity contribution in [2.24, 2.45) is 4.99 Å². The molecule has 0 radical (unpaired) electrons. The molecule has 1 fully saturated rings. The summed E-state index contributed by atoms with van der Waals surface area (Å²) >= 11 is 1.77. The first-order valence-corrected chi connectivity index (χ1v) is 9.39. The molecule has 134 valence electrons. The minimum Gasteiger partial charge on any atom is -0.357 e. The second kappa shape index (κ2) is 9.03. The minimum absolute atomic E-state index is 0.155. The number of likely N-dealkylation sites (N-methyl/N-ethyl adjacent to an activating group) is 1. The molecule has 0 aromatic carbocycles. The first kappa shape index (κ1) is 18.7. The standard InChI is InChI=1S/C17H29N5OS/c1-5-18-17(22-10-8-21(9-11-22)14(2)23)19-13-15(20(3)4)16-7-6-12-24-16/h6-7,12,15H,5,8-11,13H2,1-4H3,(H,18,19).